The molecule has 0 amide bonds. The minimum absolute atomic E-state index is 0.119. The Kier molecular flexibility index (Phi) is 3.66. The van der Waals surface area contributed by atoms with Gasteiger partial charge in [-0.3, -0.25) is 5.41 Å². The van der Waals surface area contributed by atoms with Crippen molar-refractivity contribution in [3.8, 4) is 5.75 Å². The molecule has 0 radical (unpaired) electrons. The summed E-state index contributed by atoms with van der Waals surface area (Å²) in [6.07, 6.45) is -1.03. The largest absolute Gasteiger partial charge is 0.512 e. The fraction of sp³-hybridized carbons (Fsp3) is 0.143. The number of carbonyl (C=O) groups is 1. The normalized spacial score (nSPS) is 10.3. The van der Waals surface area contributed by atoms with Crippen LogP contribution in [0.15, 0.2) is 36.4 Å². The third-order valence-electron chi connectivity index (χ3n) is 2.83. The molecule has 19 heavy (non-hydrogen) atoms. The standard InChI is InChI=1S/C14H13NO4/c15-13(19-14(17)18)8-6-11-10-4-2-1-3-9(10)5-7-12(11)16/h1-5,7,15-16H,6,8H2,(H,17,18). The summed E-state index contributed by atoms with van der Waals surface area (Å²) in [7, 11) is 0. The highest BCUT2D eigenvalue weighted by atomic mass is 16.7. The molecule has 0 unspecified atom stereocenters. The van der Waals surface area contributed by atoms with Crippen LogP contribution in [0.1, 0.15) is 12.0 Å². The summed E-state index contributed by atoms with van der Waals surface area (Å²) < 4.78 is 4.24. The van der Waals surface area contributed by atoms with Crippen molar-refractivity contribution >= 4 is 22.8 Å². The third kappa shape index (κ3) is 3.01. The maximum Gasteiger partial charge on any atom is 0.512 e. The van der Waals surface area contributed by atoms with Gasteiger partial charge in [0.05, 0.1) is 0 Å². The van der Waals surface area contributed by atoms with Gasteiger partial charge in [0.2, 0.25) is 0 Å². The molecule has 0 bridgehead atoms. The zero-order valence-corrected chi connectivity index (χ0v) is 10.1. The Labute approximate surface area is 109 Å². The van der Waals surface area contributed by atoms with Crippen molar-refractivity contribution in [1.29, 1.82) is 5.41 Å². The molecule has 0 heterocycles. The van der Waals surface area contributed by atoms with E-state index in [1.807, 2.05) is 30.3 Å². The zero-order valence-electron chi connectivity index (χ0n) is 10.1. The molecule has 0 spiro atoms. The van der Waals surface area contributed by atoms with E-state index in [1.165, 1.54) is 0 Å². The van der Waals surface area contributed by atoms with E-state index in [0.29, 0.717) is 12.0 Å². The monoisotopic (exact) mass is 259 g/mol. The highest BCUT2D eigenvalue weighted by molar-refractivity contribution is 5.89. The molecule has 98 valence electrons. The Morgan fingerprint density at radius 2 is 1.95 bits per heavy atom. The molecule has 0 atom stereocenters. The van der Waals surface area contributed by atoms with E-state index in [4.69, 9.17) is 10.5 Å². The van der Waals surface area contributed by atoms with Gasteiger partial charge < -0.3 is 14.9 Å². The van der Waals surface area contributed by atoms with E-state index < -0.39 is 6.16 Å². The Balaban J connectivity index is 2.22. The maximum absolute atomic E-state index is 10.3. The maximum atomic E-state index is 10.3. The smallest absolute Gasteiger partial charge is 0.508 e. The van der Waals surface area contributed by atoms with Gasteiger partial charge >= 0.3 is 6.16 Å². The zero-order chi connectivity index (χ0) is 13.8. The molecule has 5 nitrogen and oxygen atoms in total. The number of aryl methyl sites for hydroxylation is 1. The average Bonchev–Trinajstić information content (AvgIpc) is 2.36. The van der Waals surface area contributed by atoms with Gasteiger partial charge in [-0.05, 0) is 23.3 Å². The summed E-state index contributed by atoms with van der Waals surface area (Å²) in [5.41, 5.74) is 0.692. The first-order valence-electron chi connectivity index (χ1n) is 5.75. The van der Waals surface area contributed by atoms with E-state index in [0.717, 1.165) is 10.8 Å². The highest BCUT2D eigenvalue weighted by Crippen LogP contribution is 2.28. The number of rotatable bonds is 3. The van der Waals surface area contributed by atoms with Crippen LogP contribution >= 0.6 is 0 Å². The molecule has 3 N–H and O–H groups in total. The summed E-state index contributed by atoms with van der Waals surface area (Å²) in [5.74, 6) is -0.193. The van der Waals surface area contributed by atoms with Crippen molar-refractivity contribution in [2.24, 2.45) is 0 Å². The molecule has 0 aliphatic carbocycles. The molecule has 2 rings (SSSR count). The van der Waals surface area contributed by atoms with E-state index >= 15 is 0 Å². The Hall–Kier alpha value is -2.56. The van der Waals surface area contributed by atoms with Gasteiger partial charge in [0.25, 0.3) is 0 Å². The highest BCUT2D eigenvalue weighted by Gasteiger charge is 2.10. The van der Waals surface area contributed by atoms with E-state index in [2.05, 4.69) is 4.74 Å². The lowest BCUT2D eigenvalue weighted by molar-refractivity contribution is 0.139. The van der Waals surface area contributed by atoms with Gasteiger partial charge in [-0.25, -0.2) is 4.79 Å². The minimum Gasteiger partial charge on any atom is -0.508 e. The van der Waals surface area contributed by atoms with Gasteiger partial charge in [0, 0.05) is 12.0 Å². The van der Waals surface area contributed by atoms with Crippen molar-refractivity contribution in [3.05, 3.63) is 42.0 Å². The molecule has 0 saturated heterocycles. The number of phenolic OH excluding ortho intramolecular Hbond substituents is 1. The van der Waals surface area contributed by atoms with Crippen molar-refractivity contribution in [1.82, 2.24) is 0 Å². The summed E-state index contributed by atoms with van der Waals surface area (Å²) in [6.45, 7) is 0. The fourth-order valence-corrected chi connectivity index (χ4v) is 1.98. The number of hydrogen-bond acceptors (Lipinski definition) is 4. The Morgan fingerprint density at radius 3 is 2.68 bits per heavy atom. The van der Waals surface area contributed by atoms with Gasteiger partial charge in [0.1, 0.15) is 5.75 Å². The average molecular weight is 259 g/mol. The Bertz CT molecular complexity index is 636. The summed E-state index contributed by atoms with van der Waals surface area (Å²) in [6, 6.07) is 11.0. The number of ether oxygens (including phenoxy) is 1. The lowest BCUT2D eigenvalue weighted by Crippen LogP contribution is -2.09. The second kappa shape index (κ2) is 5.39. The molecule has 2 aromatic rings. The number of fused-ring (bicyclic) bond motifs is 1. The number of nitrogens with one attached hydrogen (secondary N) is 1. The number of benzene rings is 2. The van der Waals surface area contributed by atoms with E-state index in [1.54, 1.807) is 6.07 Å². The van der Waals surface area contributed by atoms with Crippen LogP contribution in [-0.2, 0) is 11.2 Å². The number of hydrogen-bond donors (Lipinski definition) is 3. The SMILES string of the molecule is N=C(CCc1c(O)ccc2ccccc12)OC(=O)O. The van der Waals surface area contributed by atoms with E-state index in [-0.39, 0.29) is 18.1 Å². The number of phenols is 1. The lowest BCUT2D eigenvalue weighted by atomic mass is 10.00. The first-order valence-corrected chi connectivity index (χ1v) is 5.75. The molecule has 0 fully saturated rings. The van der Waals surface area contributed by atoms with Crippen molar-refractivity contribution in [3.63, 3.8) is 0 Å². The van der Waals surface area contributed by atoms with Crippen LogP contribution in [0.3, 0.4) is 0 Å². The van der Waals surface area contributed by atoms with Gasteiger partial charge in [-0.1, -0.05) is 30.3 Å². The summed E-state index contributed by atoms with van der Waals surface area (Å²) in [5, 5.41) is 27.5. The second-order valence-electron chi connectivity index (χ2n) is 4.08. The lowest BCUT2D eigenvalue weighted by Gasteiger charge is -2.09. The Morgan fingerprint density at radius 1 is 1.21 bits per heavy atom. The van der Waals surface area contributed by atoms with Crippen LogP contribution in [-0.4, -0.2) is 22.3 Å². The minimum atomic E-state index is -1.49. The molecule has 0 aliphatic heterocycles. The second-order valence-corrected chi connectivity index (χ2v) is 4.08. The number of aromatic hydroxyl groups is 1. The van der Waals surface area contributed by atoms with Crippen LogP contribution in [0, 0.1) is 5.41 Å². The van der Waals surface area contributed by atoms with Gasteiger partial charge in [0.15, 0.2) is 5.90 Å². The van der Waals surface area contributed by atoms with Crippen molar-refractivity contribution < 1.29 is 19.7 Å². The van der Waals surface area contributed by atoms with Gasteiger partial charge in [-0.2, -0.15) is 0 Å². The predicted molar refractivity (Wildman–Crippen MR) is 70.8 cm³/mol. The summed E-state index contributed by atoms with van der Waals surface area (Å²) >= 11 is 0. The van der Waals surface area contributed by atoms with Crippen LogP contribution in [0.2, 0.25) is 0 Å². The van der Waals surface area contributed by atoms with Crippen LogP contribution in [0.5, 0.6) is 5.75 Å². The molecule has 5 heteroatoms. The predicted octanol–water partition coefficient (Wildman–Crippen LogP) is 3.15. The van der Waals surface area contributed by atoms with Crippen LogP contribution in [0.25, 0.3) is 10.8 Å². The summed E-state index contributed by atoms with van der Waals surface area (Å²) in [4.78, 5) is 10.3. The third-order valence-corrected chi connectivity index (χ3v) is 2.83. The topological polar surface area (TPSA) is 90.6 Å². The fourth-order valence-electron chi connectivity index (χ4n) is 1.98. The van der Waals surface area contributed by atoms with Crippen LogP contribution < -0.4 is 0 Å². The number of carboxylic acid groups (broad SMARTS) is 1. The van der Waals surface area contributed by atoms with Gasteiger partial charge in [-0.15, -0.1) is 0 Å². The first kappa shape index (κ1) is 12.9. The molecule has 0 aromatic heterocycles. The molecule has 0 saturated carbocycles. The first-order chi connectivity index (χ1) is 9.08. The quantitative estimate of drug-likeness (QED) is 0.448. The molecule has 0 aliphatic rings. The van der Waals surface area contributed by atoms with Crippen molar-refractivity contribution in [2.75, 3.05) is 0 Å². The van der Waals surface area contributed by atoms with E-state index in [9.17, 15) is 9.90 Å². The van der Waals surface area contributed by atoms with Crippen molar-refractivity contribution in [2.45, 2.75) is 12.8 Å². The molecule has 2 aromatic carbocycles. The molecular weight excluding hydrogens is 246 g/mol. The molecular formula is C14H13NO4. The van der Waals surface area contributed by atoms with Crippen LogP contribution in [0.4, 0.5) is 4.79 Å².